The summed E-state index contributed by atoms with van der Waals surface area (Å²) in [6.07, 6.45) is 1.23. The van der Waals surface area contributed by atoms with Crippen LogP contribution in [0.4, 0.5) is 11.6 Å². The predicted molar refractivity (Wildman–Crippen MR) is 78.6 cm³/mol. The van der Waals surface area contributed by atoms with Crippen molar-refractivity contribution in [3.63, 3.8) is 0 Å². The van der Waals surface area contributed by atoms with Crippen LogP contribution in [0.25, 0.3) is 11.0 Å². The first kappa shape index (κ1) is 12.2. The van der Waals surface area contributed by atoms with Gasteiger partial charge in [0.1, 0.15) is 0 Å². The summed E-state index contributed by atoms with van der Waals surface area (Å²) >= 11 is 0. The van der Waals surface area contributed by atoms with Gasteiger partial charge in [0.25, 0.3) is 0 Å². The molecule has 0 bridgehead atoms. The quantitative estimate of drug-likeness (QED) is 0.778. The highest BCUT2D eigenvalue weighted by molar-refractivity contribution is 5.80. The second-order valence-electron chi connectivity index (χ2n) is 4.90. The summed E-state index contributed by atoms with van der Waals surface area (Å²) in [7, 11) is 1.88. The molecule has 0 unspecified atom stereocenters. The van der Waals surface area contributed by atoms with Gasteiger partial charge in [0, 0.05) is 13.6 Å². The van der Waals surface area contributed by atoms with Gasteiger partial charge in [-0.05, 0) is 37.6 Å². The van der Waals surface area contributed by atoms with Crippen molar-refractivity contribution in [2.24, 2.45) is 5.92 Å². The van der Waals surface area contributed by atoms with Gasteiger partial charge in [-0.2, -0.15) is 0 Å². The molecule has 2 heterocycles. The summed E-state index contributed by atoms with van der Waals surface area (Å²) in [5, 5.41) is 9.91. The van der Waals surface area contributed by atoms with Gasteiger partial charge in [-0.25, -0.2) is 9.97 Å². The molecule has 0 radical (unpaired) electrons. The molecule has 0 saturated carbocycles. The highest BCUT2D eigenvalue weighted by Gasteiger charge is 2.15. The second kappa shape index (κ2) is 5.40. The van der Waals surface area contributed by atoms with Gasteiger partial charge in [-0.15, -0.1) is 0 Å². The summed E-state index contributed by atoms with van der Waals surface area (Å²) < 4.78 is 0. The lowest BCUT2D eigenvalue weighted by Crippen LogP contribution is -2.18. The molecule has 5 heteroatoms. The van der Waals surface area contributed by atoms with Gasteiger partial charge in [0.05, 0.1) is 11.0 Å². The van der Waals surface area contributed by atoms with Crippen LogP contribution in [0.2, 0.25) is 0 Å². The smallest absolute Gasteiger partial charge is 0.169 e. The largest absolute Gasteiger partial charge is 0.370 e. The Bertz CT molecular complexity index is 563. The molecule has 3 rings (SSSR count). The minimum Gasteiger partial charge on any atom is -0.370 e. The van der Waals surface area contributed by atoms with Gasteiger partial charge in [0.2, 0.25) is 0 Å². The molecule has 3 N–H and O–H groups in total. The first-order valence-corrected chi connectivity index (χ1v) is 6.76. The Labute approximate surface area is 112 Å². The average Bonchev–Trinajstić information content (AvgIpc) is 2.97. The van der Waals surface area contributed by atoms with Gasteiger partial charge < -0.3 is 16.0 Å². The minimum absolute atomic E-state index is 0.679. The van der Waals surface area contributed by atoms with Crippen molar-refractivity contribution in [3.8, 4) is 0 Å². The van der Waals surface area contributed by atoms with Crippen LogP contribution in [0.15, 0.2) is 24.3 Å². The van der Waals surface area contributed by atoms with E-state index in [0.29, 0.717) is 5.92 Å². The van der Waals surface area contributed by atoms with Crippen molar-refractivity contribution in [3.05, 3.63) is 24.3 Å². The summed E-state index contributed by atoms with van der Waals surface area (Å²) in [4.78, 5) is 9.24. The molecule has 1 aliphatic heterocycles. The van der Waals surface area contributed by atoms with Crippen LogP contribution in [0.3, 0.4) is 0 Å². The maximum atomic E-state index is 4.65. The fourth-order valence-corrected chi connectivity index (χ4v) is 2.43. The molecule has 19 heavy (non-hydrogen) atoms. The third-order valence-corrected chi connectivity index (χ3v) is 3.53. The Hall–Kier alpha value is -1.88. The molecular weight excluding hydrogens is 238 g/mol. The van der Waals surface area contributed by atoms with Crippen molar-refractivity contribution < 1.29 is 0 Å². The molecule has 1 atom stereocenters. The zero-order valence-corrected chi connectivity index (χ0v) is 11.1. The van der Waals surface area contributed by atoms with E-state index in [-0.39, 0.29) is 0 Å². The number of nitrogens with one attached hydrogen (secondary N) is 3. The highest BCUT2D eigenvalue weighted by atomic mass is 15.1. The van der Waals surface area contributed by atoms with Crippen molar-refractivity contribution in [1.29, 1.82) is 0 Å². The van der Waals surface area contributed by atoms with E-state index in [9.17, 15) is 0 Å². The number of fused-ring (bicyclic) bond motifs is 1. The van der Waals surface area contributed by atoms with Gasteiger partial charge >= 0.3 is 0 Å². The molecule has 0 aliphatic carbocycles. The molecule has 1 aromatic heterocycles. The Kier molecular flexibility index (Phi) is 3.46. The molecule has 1 saturated heterocycles. The first-order chi connectivity index (χ1) is 9.36. The number of rotatable bonds is 4. The molecule has 2 aromatic rings. The number of para-hydroxylation sites is 2. The van der Waals surface area contributed by atoms with Crippen LogP contribution < -0.4 is 16.0 Å². The molecule has 1 aromatic carbocycles. The zero-order valence-electron chi connectivity index (χ0n) is 11.1. The molecule has 0 amide bonds. The minimum atomic E-state index is 0.679. The maximum Gasteiger partial charge on any atom is 0.169 e. The standard InChI is InChI=1S/C14H19N5/c1-15-13-14(17-9-10-6-7-16-8-10)19-12-5-3-2-4-11(12)18-13/h2-5,10,16H,6-9H2,1H3,(H,15,18)(H,17,19)/t10-/m0/s1. The summed E-state index contributed by atoms with van der Waals surface area (Å²) in [5.74, 6) is 2.33. The van der Waals surface area contributed by atoms with Crippen LogP contribution in [0, 0.1) is 5.92 Å². The lowest BCUT2D eigenvalue weighted by Gasteiger charge is -2.14. The van der Waals surface area contributed by atoms with Crippen molar-refractivity contribution >= 4 is 22.7 Å². The topological polar surface area (TPSA) is 61.9 Å². The van der Waals surface area contributed by atoms with Crippen LogP contribution in [-0.2, 0) is 0 Å². The molecule has 100 valence electrons. The van der Waals surface area contributed by atoms with Crippen molar-refractivity contribution in [2.45, 2.75) is 6.42 Å². The van der Waals surface area contributed by atoms with Crippen LogP contribution in [0.1, 0.15) is 6.42 Å². The predicted octanol–water partition coefficient (Wildman–Crippen LogP) is 1.69. The van der Waals surface area contributed by atoms with Gasteiger partial charge in [-0.3, -0.25) is 0 Å². The van der Waals surface area contributed by atoms with E-state index >= 15 is 0 Å². The molecular formula is C14H19N5. The summed E-state index contributed by atoms with van der Waals surface area (Å²) in [6.45, 7) is 3.15. The van der Waals surface area contributed by atoms with E-state index in [1.54, 1.807) is 0 Å². The van der Waals surface area contributed by atoms with Crippen molar-refractivity contribution in [1.82, 2.24) is 15.3 Å². The van der Waals surface area contributed by atoms with Crippen LogP contribution in [-0.4, -0.2) is 36.6 Å². The Morgan fingerprint density at radius 2 is 1.95 bits per heavy atom. The third kappa shape index (κ3) is 2.61. The average molecular weight is 257 g/mol. The fourth-order valence-electron chi connectivity index (χ4n) is 2.43. The normalized spacial score (nSPS) is 18.7. The number of hydrogen-bond acceptors (Lipinski definition) is 5. The van der Waals surface area contributed by atoms with Gasteiger partial charge in [-0.1, -0.05) is 12.1 Å². The first-order valence-electron chi connectivity index (χ1n) is 6.76. The fraction of sp³-hybridized carbons (Fsp3) is 0.429. The Morgan fingerprint density at radius 3 is 2.58 bits per heavy atom. The van der Waals surface area contributed by atoms with Crippen LogP contribution in [0.5, 0.6) is 0 Å². The van der Waals surface area contributed by atoms with E-state index in [2.05, 4.69) is 25.9 Å². The monoisotopic (exact) mass is 257 g/mol. The van der Waals surface area contributed by atoms with E-state index < -0.39 is 0 Å². The summed E-state index contributed by atoms with van der Waals surface area (Å²) in [6, 6.07) is 7.94. The van der Waals surface area contributed by atoms with Crippen LogP contribution >= 0.6 is 0 Å². The Balaban J connectivity index is 1.83. The number of anilines is 2. The number of hydrogen-bond donors (Lipinski definition) is 3. The maximum absolute atomic E-state index is 4.65. The number of aromatic nitrogens is 2. The lowest BCUT2D eigenvalue weighted by molar-refractivity contribution is 0.614. The molecule has 1 fully saturated rings. The molecule has 0 spiro atoms. The highest BCUT2D eigenvalue weighted by Crippen LogP contribution is 2.21. The van der Waals surface area contributed by atoms with E-state index in [0.717, 1.165) is 42.3 Å². The summed E-state index contributed by atoms with van der Waals surface area (Å²) in [5.41, 5.74) is 1.84. The second-order valence-corrected chi connectivity index (χ2v) is 4.90. The Morgan fingerprint density at radius 1 is 1.21 bits per heavy atom. The zero-order chi connectivity index (χ0) is 13.1. The number of benzene rings is 1. The third-order valence-electron chi connectivity index (χ3n) is 3.53. The van der Waals surface area contributed by atoms with E-state index in [4.69, 9.17) is 0 Å². The number of nitrogens with zero attached hydrogens (tertiary/aromatic N) is 2. The molecule has 1 aliphatic rings. The van der Waals surface area contributed by atoms with Gasteiger partial charge in [0.15, 0.2) is 11.6 Å². The van der Waals surface area contributed by atoms with E-state index in [1.165, 1.54) is 6.42 Å². The van der Waals surface area contributed by atoms with Crippen molar-refractivity contribution in [2.75, 3.05) is 37.3 Å². The SMILES string of the molecule is CNc1nc2ccccc2nc1NC[C@H]1CCNC1. The lowest BCUT2D eigenvalue weighted by atomic mass is 10.1. The molecule has 5 nitrogen and oxygen atoms in total. The van der Waals surface area contributed by atoms with E-state index in [1.807, 2.05) is 31.3 Å².